The number of rotatable bonds is 6. The molecule has 0 bridgehead atoms. The number of nitrogens with one attached hydrogen (secondary N) is 2. The number of hydrogen-bond donors (Lipinski definition) is 2. The summed E-state index contributed by atoms with van der Waals surface area (Å²) in [4.78, 5) is 26.9. The number of likely N-dealkylation sites (tertiary alicyclic amines) is 1. The molecule has 1 heterocycles. The Bertz CT molecular complexity index is 837. The van der Waals surface area contributed by atoms with Crippen molar-refractivity contribution in [2.24, 2.45) is 0 Å². The number of amides is 3. The highest BCUT2D eigenvalue weighted by molar-refractivity contribution is 6.01. The van der Waals surface area contributed by atoms with Crippen LogP contribution >= 0.6 is 0 Å². The van der Waals surface area contributed by atoms with Crippen LogP contribution in [-0.2, 0) is 4.79 Å². The van der Waals surface area contributed by atoms with Crippen LogP contribution in [0.15, 0.2) is 48.5 Å². The third kappa shape index (κ3) is 5.97. The molecular formula is C23H29N3O4. The van der Waals surface area contributed by atoms with Crippen molar-refractivity contribution in [3.63, 3.8) is 0 Å². The van der Waals surface area contributed by atoms with Crippen molar-refractivity contribution in [2.45, 2.75) is 31.7 Å². The largest absolute Gasteiger partial charge is 0.497 e. The van der Waals surface area contributed by atoms with Gasteiger partial charge in [0.15, 0.2) is 0 Å². The predicted octanol–water partition coefficient (Wildman–Crippen LogP) is 3.97. The first-order valence-electron chi connectivity index (χ1n) is 10.2. The minimum atomic E-state index is -0.541. The second-order valence-electron chi connectivity index (χ2n) is 7.34. The van der Waals surface area contributed by atoms with Crippen LogP contribution in [0.4, 0.5) is 10.5 Å². The van der Waals surface area contributed by atoms with Crippen molar-refractivity contribution in [3.05, 3.63) is 54.1 Å². The molecule has 0 spiro atoms. The third-order valence-corrected chi connectivity index (χ3v) is 5.31. The van der Waals surface area contributed by atoms with Gasteiger partial charge in [-0.05, 0) is 61.3 Å². The molecule has 3 rings (SSSR count). The standard InChI is InChI=1S/C23H29N3O4/c1-29-19-11-7-17(8-12-19)21-6-4-3-5-15-26(21)16-22(27)25-23(28)24-18-9-13-20(30-2)14-10-18/h7-14,21H,3-6,15-16H2,1-2H3,(H2,24,25,27,28). The summed E-state index contributed by atoms with van der Waals surface area (Å²) in [5, 5.41) is 5.10. The molecule has 1 aliphatic rings. The van der Waals surface area contributed by atoms with E-state index in [4.69, 9.17) is 9.47 Å². The molecule has 2 aromatic rings. The van der Waals surface area contributed by atoms with Gasteiger partial charge in [-0.3, -0.25) is 15.0 Å². The van der Waals surface area contributed by atoms with Crippen LogP contribution < -0.4 is 20.1 Å². The van der Waals surface area contributed by atoms with E-state index in [1.165, 1.54) is 0 Å². The van der Waals surface area contributed by atoms with E-state index in [9.17, 15) is 9.59 Å². The Morgan fingerprint density at radius 2 is 1.57 bits per heavy atom. The number of methoxy groups -OCH3 is 2. The van der Waals surface area contributed by atoms with Crippen LogP contribution in [0.1, 0.15) is 37.3 Å². The maximum Gasteiger partial charge on any atom is 0.325 e. The zero-order valence-electron chi connectivity index (χ0n) is 17.5. The normalized spacial score (nSPS) is 16.9. The molecule has 3 amide bonds. The lowest BCUT2D eigenvalue weighted by molar-refractivity contribution is -0.121. The average Bonchev–Trinajstić information content (AvgIpc) is 2.99. The van der Waals surface area contributed by atoms with Gasteiger partial charge in [0.05, 0.1) is 20.8 Å². The first-order valence-corrected chi connectivity index (χ1v) is 10.2. The minimum absolute atomic E-state index is 0.147. The van der Waals surface area contributed by atoms with Gasteiger partial charge in [0, 0.05) is 11.7 Å². The lowest BCUT2D eigenvalue weighted by Gasteiger charge is -2.29. The molecule has 0 aromatic heterocycles. The summed E-state index contributed by atoms with van der Waals surface area (Å²) in [5.74, 6) is 1.19. The molecule has 2 N–H and O–H groups in total. The number of hydrogen-bond acceptors (Lipinski definition) is 5. The Morgan fingerprint density at radius 1 is 0.933 bits per heavy atom. The Balaban J connectivity index is 1.59. The van der Waals surface area contributed by atoms with Gasteiger partial charge < -0.3 is 14.8 Å². The highest BCUT2D eigenvalue weighted by Gasteiger charge is 2.25. The van der Waals surface area contributed by atoms with E-state index in [0.29, 0.717) is 11.4 Å². The van der Waals surface area contributed by atoms with E-state index in [-0.39, 0.29) is 18.5 Å². The topological polar surface area (TPSA) is 79.9 Å². The molecule has 30 heavy (non-hydrogen) atoms. The number of urea groups is 1. The van der Waals surface area contributed by atoms with E-state index < -0.39 is 6.03 Å². The molecule has 0 aliphatic carbocycles. The molecule has 0 radical (unpaired) electrons. The van der Waals surface area contributed by atoms with Crippen molar-refractivity contribution < 1.29 is 19.1 Å². The zero-order chi connectivity index (χ0) is 21.3. The second kappa shape index (κ2) is 10.6. The molecule has 1 aliphatic heterocycles. The molecule has 0 saturated carbocycles. The number of nitrogens with zero attached hydrogens (tertiary/aromatic N) is 1. The van der Waals surface area contributed by atoms with Crippen LogP contribution in [0.5, 0.6) is 11.5 Å². The fraction of sp³-hybridized carbons (Fsp3) is 0.391. The van der Waals surface area contributed by atoms with E-state index in [0.717, 1.165) is 43.5 Å². The monoisotopic (exact) mass is 411 g/mol. The average molecular weight is 412 g/mol. The molecule has 1 fully saturated rings. The van der Waals surface area contributed by atoms with Gasteiger partial charge >= 0.3 is 6.03 Å². The fourth-order valence-electron chi connectivity index (χ4n) is 3.75. The minimum Gasteiger partial charge on any atom is -0.497 e. The van der Waals surface area contributed by atoms with Gasteiger partial charge in [0.1, 0.15) is 11.5 Å². The summed E-state index contributed by atoms with van der Waals surface area (Å²) in [6.07, 6.45) is 4.28. The molecular weight excluding hydrogens is 382 g/mol. The molecule has 7 nitrogen and oxygen atoms in total. The molecule has 2 aromatic carbocycles. The molecule has 7 heteroatoms. The highest BCUT2D eigenvalue weighted by atomic mass is 16.5. The summed E-state index contributed by atoms with van der Waals surface area (Å²) in [5.41, 5.74) is 1.75. The van der Waals surface area contributed by atoms with Gasteiger partial charge in [-0.2, -0.15) is 0 Å². The van der Waals surface area contributed by atoms with Gasteiger partial charge in [0.2, 0.25) is 5.91 Å². The van der Waals surface area contributed by atoms with Crippen molar-refractivity contribution >= 4 is 17.6 Å². The Morgan fingerprint density at radius 3 is 2.20 bits per heavy atom. The molecule has 160 valence electrons. The SMILES string of the molecule is COc1ccc(NC(=O)NC(=O)CN2CCCCCC2c2ccc(OC)cc2)cc1. The Hall–Kier alpha value is -3.06. The number of carbonyl (C=O) groups excluding carboxylic acids is 2. The number of carbonyl (C=O) groups is 2. The lowest BCUT2D eigenvalue weighted by Crippen LogP contribution is -2.43. The van der Waals surface area contributed by atoms with E-state index in [1.807, 2.05) is 12.1 Å². The third-order valence-electron chi connectivity index (χ3n) is 5.31. The quantitative estimate of drug-likeness (QED) is 0.752. The fourth-order valence-corrected chi connectivity index (χ4v) is 3.75. The molecule has 1 atom stereocenters. The van der Waals surface area contributed by atoms with Crippen molar-refractivity contribution in [1.29, 1.82) is 0 Å². The molecule has 1 saturated heterocycles. The van der Waals surface area contributed by atoms with E-state index >= 15 is 0 Å². The van der Waals surface area contributed by atoms with Crippen LogP contribution in [-0.4, -0.2) is 44.1 Å². The Labute approximate surface area is 177 Å². The maximum absolute atomic E-state index is 12.5. The van der Waals surface area contributed by atoms with E-state index in [1.54, 1.807) is 38.5 Å². The van der Waals surface area contributed by atoms with Gasteiger partial charge in [-0.25, -0.2) is 4.79 Å². The van der Waals surface area contributed by atoms with Crippen LogP contribution in [0, 0.1) is 0 Å². The smallest absolute Gasteiger partial charge is 0.325 e. The second-order valence-corrected chi connectivity index (χ2v) is 7.34. The van der Waals surface area contributed by atoms with Crippen LogP contribution in [0.2, 0.25) is 0 Å². The summed E-state index contributed by atoms with van der Waals surface area (Å²) >= 11 is 0. The highest BCUT2D eigenvalue weighted by Crippen LogP contribution is 2.30. The number of ether oxygens (including phenoxy) is 2. The van der Waals surface area contributed by atoms with Crippen molar-refractivity contribution in [1.82, 2.24) is 10.2 Å². The summed E-state index contributed by atoms with van der Waals surface area (Å²) in [6.45, 7) is 0.997. The first kappa shape index (κ1) is 21.6. The van der Waals surface area contributed by atoms with Crippen molar-refractivity contribution in [3.8, 4) is 11.5 Å². The predicted molar refractivity (Wildman–Crippen MR) is 116 cm³/mol. The first-order chi connectivity index (χ1) is 14.6. The van der Waals surface area contributed by atoms with Gasteiger partial charge in [0.25, 0.3) is 0 Å². The Kier molecular flexibility index (Phi) is 7.68. The summed E-state index contributed by atoms with van der Waals surface area (Å²) < 4.78 is 10.3. The number of anilines is 1. The van der Waals surface area contributed by atoms with E-state index in [2.05, 4.69) is 27.7 Å². The summed E-state index contributed by atoms with van der Waals surface area (Å²) in [7, 11) is 3.23. The number of benzene rings is 2. The summed E-state index contributed by atoms with van der Waals surface area (Å²) in [6, 6.07) is 14.5. The maximum atomic E-state index is 12.5. The van der Waals surface area contributed by atoms with Crippen LogP contribution in [0.25, 0.3) is 0 Å². The lowest BCUT2D eigenvalue weighted by atomic mass is 10.0. The van der Waals surface area contributed by atoms with Crippen molar-refractivity contribution in [2.75, 3.05) is 32.6 Å². The van der Waals surface area contributed by atoms with Crippen LogP contribution in [0.3, 0.4) is 0 Å². The zero-order valence-corrected chi connectivity index (χ0v) is 17.5. The van der Waals surface area contributed by atoms with Gasteiger partial charge in [-0.1, -0.05) is 25.0 Å². The molecule has 1 unspecified atom stereocenters. The van der Waals surface area contributed by atoms with Gasteiger partial charge in [-0.15, -0.1) is 0 Å². The number of imide groups is 1.